The number of aromatic nitrogens is 1. The number of fused-ring (bicyclic) bond motifs is 2. The maximum Gasteiger partial charge on any atom is 0.268 e. The van der Waals surface area contributed by atoms with Crippen LogP contribution in [0.5, 0.6) is 5.75 Å². The summed E-state index contributed by atoms with van der Waals surface area (Å²) in [5.74, 6) is 0.175. The average molecular weight is 454 g/mol. The number of piperazine rings is 1. The molecule has 0 spiro atoms. The largest absolute Gasteiger partial charge is 0.494 e. The van der Waals surface area contributed by atoms with Crippen molar-refractivity contribution in [3.63, 3.8) is 0 Å². The molecule has 2 heterocycles. The van der Waals surface area contributed by atoms with E-state index in [-0.39, 0.29) is 4.90 Å². The van der Waals surface area contributed by atoms with E-state index in [0.29, 0.717) is 22.0 Å². The van der Waals surface area contributed by atoms with Gasteiger partial charge in [-0.05, 0) is 36.8 Å². The lowest BCUT2D eigenvalue weighted by Crippen LogP contribution is -2.43. The SMILES string of the molecule is COc1c(N2CCNCC2)cc(S(=O)(=O)n2cc(C)c3ccc(F)cc32)c2ccccc12. The van der Waals surface area contributed by atoms with E-state index in [1.165, 1.54) is 16.1 Å². The predicted octanol–water partition coefficient (Wildman–Crippen LogP) is 3.90. The summed E-state index contributed by atoms with van der Waals surface area (Å²) in [6.45, 7) is 4.91. The lowest BCUT2D eigenvalue weighted by Gasteiger charge is -2.31. The lowest BCUT2D eigenvalue weighted by molar-refractivity contribution is 0.417. The van der Waals surface area contributed by atoms with Gasteiger partial charge in [-0.1, -0.05) is 24.3 Å². The number of anilines is 1. The standard InChI is InChI=1S/C24H24FN3O3S/c1-16-15-28(21-13-17(25)7-8-18(16)21)32(29,30)23-14-22(27-11-9-26-10-12-27)24(31-2)20-6-4-3-5-19(20)23/h3-8,13-15,26H,9-12H2,1-2H3. The Labute approximate surface area is 186 Å². The molecular formula is C24H24FN3O3S. The first-order valence-electron chi connectivity index (χ1n) is 10.5. The molecule has 0 radical (unpaired) electrons. The number of nitrogens with one attached hydrogen (secondary N) is 1. The van der Waals surface area contributed by atoms with Crippen LogP contribution >= 0.6 is 0 Å². The number of benzene rings is 3. The van der Waals surface area contributed by atoms with Crippen molar-refractivity contribution in [1.82, 2.24) is 9.29 Å². The maximum atomic E-state index is 14.0. The summed E-state index contributed by atoms with van der Waals surface area (Å²) in [6, 6.07) is 13.3. The van der Waals surface area contributed by atoms with E-state index in [9.17, 15) is 12.8 Å². The third-order valence-electron chi connectivity index (χ3n) is 6.07. The molecule has 0 unspecified atom stereocenters. The van der Waals surface area contributed by atoms with E-state index in [2.05, 4.69) is 10.2 Å². The Morgan fingerprint density at radius 1 is 1.00 bits per heavy atom. The Hall–Kier alpha value is -3.10. The van der Waals surface area contributed by atoms with Crippen molar-refractivity contribution in [3.05, 3.63) is 66.1 Å². The first-order chi connectivity index (χ1) is 15.4. The van der Waals surface area contributed by atoms with Crippen LogP contribution in [0.15, 0.2) is 59.6 Å². The fourth-order valence-corrected chi connectivity index (χ4v) is 6.15. The summed E-state index contributed by atoms with van der Waals surface area (Å²) < 4.78 is 49.0. The summed E-state index contributed by atoms with van der Waals surface area (Å²) in [6.07, 6.45) is 1.56. The van der Waals surface area contributed by atoms with Gasteiger partial charge in [0.25, 0.3) is 10.0 Å². The topological polar surface area (TPSA) is 63.6 Å². The number of ether oxygens (including phenoxy) is 1. The van der Waals surface area contributed by atoms with E-state index >= 15 is 0 Å². The molecule has 32 heavy (non-hydrogen) atoms. The molecule has 6 nitrogen and oxygen atoms in total. The van der Waals surface area contributed by atoms with Crippen molar-refractivity contribution in [2.75, 3.05) is 38.2 Å². The zero-order valence-electron chi connectivity index (χ0n) is 17.9. The van der Waals surface area contributed by atoms with Crippen molar-refractivity contribution >= 4 is 37.4 Å². The monoisotopic (exact) mass is 453 g/mol. The van der Waals surface area contributed by atoms with E-state index < -0.39 is 15.8 Å². The molecule has 4 aromatic rings. The molecule has 8 heteroatoms. The lowest BCUT2D eigenvalue weighted by atomic mass is 10.1. The fourth-order valence-electron chi connectivity index (χ4n) is 4.51. The van der Waals surface area contributed by atoms with Crippen molar-refractivity contribution in [3.8, 4) is 5.75 Å². The van der Waals surface area contributed by atoms with Crippen molar-refractivity contribution in [2.45, 2.75) is 11.8 Å². The normalized spacial score (nSPS) is 14.9. The number of methoxy groups -OCH3 is 1. The molecule has 0 atom stereocenters. The van der Waals surface area contributed by atoms with Crippen LogP contribution in [-0.4, -0.2) is 45.7 Å². The smallest absolute Gasteiger partial charge is 0.268 e. The third-order valence-corrected chi connectivity index (χ3v) is 7.78. The second-order valence-electron chi connectivity index (χ2n) is 7.98. The van der Waals surface area contributed by atoms with Crippen LogP contribution in [0.4, 0.5) is 10.1 Å². The quantitative estimate of drug-likeness (QED) is 0.508. The highest BCUT2D eigenvalue weighted by atomic mass is 32.2. The molecule has 0 amide bonds. The minimum atomic E-state index is -4.02. The third kappa shape index (κ3) is 3.22. The fraction of sp³-hybridized carbons (Fsp3) is 0.250. The molecule has 1 saturated heterocycles. The zero-order chi connectivity index (χ0) is 22.5. The Morgan fingerprint density at radius 2 is 1.72 bits per heavy atom. The second-order valence-corrected chi connectivity index (χ2v) is 9.77. The molecular weight excluding hydrogens is 429 g/mol. The van der Waals surface area contributed by atoms with Gasteiger partial charge in [0.15, 0.2) is 0 Å². The molecule has 5 rings (SSSR count). The van der Waals surface area contributed by atoms with Gasteiger partial charge in [-0.25, -0.2) is 16.8 Å². The van der Waals surface area contributed by atoms with Gasteiger partial charge in [0.05, 0.1) is 23.2 Å². The summed E-state index contributed by atoms with van der Waals surface area (Å²) in [7, 11) is -2.42. The molecule has 1 aromatic heterocycles. The molecule has 3 aromatic carbocycles. The van der Waals surface area contributed by atoms with E-state index in [4.69, 9.17) is 4.74 Å². The Bertz CT molecular complexity index is 1440. The van der Waals surface area contributed by atoms with E-state index in [0.717, 1.165) is 42.8 Å². The van der Waals surface area contributed by atoms with Gasteiger partial charge in [0, 0.05) is 48.5 Å². The van der Waals surface area contributed by atoms with E-state index in [1.807, 2.05) is 25.1 Å². The average Bonchev–Trinajstić information content (AvgIpc) is 3.14. The zero-order valence-corrected chi connectivity index (χ0v) is 18.7. The minimum Gasteiger partial charge on any atom is -0.494 e. The van der Waals surface area contributed by atoms with Crippen LogP contribution < -0.4 is 15.0 Å². The Kier molecular flexibility index (Phi) is 5.06. The number of halogens is 1. The van der Waals surface area contributed by atoms with Crippen LogP contribution in [-0.2, 0) is 10.0 Å². The molecule has 1 N–H and O–H groups in total. The first kappa shape index (κ1) is 20.8. The highest BCUT2D eigenvalue weighted by Gasteiger charge is 2.27. The number of hydrogen-bond donors (Lipinski definition) is 1. The highest BCUT2D eigenvalue weighted by molar-refractivity contribution is 7.90. The Morgan fingerprint density at radius 3 is 2.44 bits per heavy atom. The molecule has 1 aliphatic heterocycles. The van der Waals surface area contributed by atoms with Crippen LogP contribution in [0.25, 0.3) is 21.7 Å². The highest BCUT2D eigenvalue weighted by Crippen LogP contribution is 2.41. The van der Waals surface area contributed by atoms with Gasteiger partial charge in [0.1, 0.15) is 11.6 Å². The van der Waals surface area contributed by atoms with Gasteiger partial charge in [0.2, 0.25) is 0 Å². The second kappa shape index (κ2) is 7.79. The van der Waals surface area contributed by atoms with Crippen LogP contribution in [0.3, 0.4) is 0 Å². The van der Waals surface area contributed by atoms with Gasteiger partial charge in [-0.2, -0.15) is 0 Å². The van der Waals surface area contributed by atoms with Gasteiger partial charge < -0.3 is 15.0 Å². The number of rotatable bonds is 4. The van der Waals surface area contributed by atoms with Gasteiger partial charge >= 0.3 is 0 Å². The summed E-state index contributed by atoms with van der Waals surface area (Å²) in [4.78, 5) is 2.31. The molecule has 1 aliphatic rings. The molecule has 0 bridgehead atoms. The van der Waals surface area contributed by atoms with Crippen LogP contribution in [0.2, 0.25) is 0 Å². The van der Waals surface area contributed by atoms with Gasteiger partial charge in [-0.3, -0.25) is 0 Å². The van der Waals surface area contributed by atoms with Crippen LogP contribution in [0.1, 0.15) is 5.56 Å². The number of aryl methyl sites for hydroxylation is 1. The van der Waals surface area contributed by atoms with Crippen LogP contribution in [0, 0.1) is 12.7 Å². The molecule has 166 valence electrons. The molecule has 0 saturated carbocycles. The summed E-state index contributed by atoms with van der Waals surface area (Å²) in [5, 5.41) is 5.32. The predicted molar refractivity (Wildman–Crippen MR) is 125 cm³/mol. The summed E-state index contributed by atoms with van der Waals surface area (Å²) in [5.41, 5.74) is 1.83. The van der Waals surface area contributed by atoms with E-state index in [1.54, 1.807) is 31.5 Å². The summed E-state index contributed by atoms with van der Waals surface area (Å²) >= 11 is 0. The van der Waals surface area contributed by atoms with Crippen molar-refractivity contribution in [2.24, 2.45) is 0 Å². The van der Waals surface area contributed by atoms with Gasteiger partial charge in [-0.15, -0.1) is 0 Å². The first-order valence-corrected chi connectivity index (χ1v) is 11.9. The Balaban J connectivity index is 1.81. The van der Waals surface area contributed by atoms with Crippen molar-refractivity contribution in [1.29, 1.82) is 0 Å². The minimum absolute atomic E-state index is 0.170. The molecule has 0 aliphatic carbocycles. The molecule has 1 fully saturated rings. The van der Waals surface area contributed by atoms with Crippen molar-refractivity contribution < 1.29 is 17.5 Å². The number of nitrogens with zero attached hydrogens (tertiary/aromatic N) is 2. The number of hydrogen-bond acceptors (Lipinski definition) is 5. The maximum absolute atomic E-state index is 14.0.